The second-order valence-corrected chi connectivity index (χ2v) is 4.25. The molecule has 3 N–H and O–H groups in total. The number of aromatic carboxylic acids is 2. The van der Waals surface area contributed by atoms with Gasteiger partial charge in [-0.15, -0.1) is 0 Å². The second kappa shape index (κ2) is 5.43. The van der Waals surface area contributed by atoms with E-state index in [2.05, 4.69) is 0 Å². The van der Waals surface area contributed by atoms with Crippen molar-refractivity contribution in [2.75, 3.05) is 0 Å². The van der Waals surface area contributed by atoms with Crippen molar-refractivity contribution in [3.63, 3.8) is 0 Å². The molecule has 0 fully saturated rings. The minimum atomic E-state index is -4.64. The molecule has 0 atom stereocenters. The summed E-state index contributed by atoms with van der Waals surface area (Å²) in [6.45, 7) is 0. The Bertz CT molecular complexity index is 531. The van der Waals surface area contributed by atoms with Crippen molar-refractivity contribution in [1.29, 1.82) is 0 Å². The normalized spacial score (nSPS) is 10.4. The van der Waals surface area contributed by atoms with Gasteiger partial charge in [0.25, 0.3) is 10.1 Å². The summed E-state index contributed by atoms with van der Waals surface area (Å²) in [6.07, 6.45) is 0. The average molecular weight is 443 g/mol. The topological polar surface area (TPSA) is 129 Å². The smallest absolute Gasteiger partial charge is 0.335 e. The van der Waals surface area contributed by atoms with E-state index in [0.29, 0.717) is 12.1 Å². The zero-order valence-corrected chi connectivity index (χ0v) is 10.9. The van der Waals surface area contributed by atoms with Gasteiger partial charge in [-0.25, -0.2) is 9.59 Å². The van der Waals surface area contributed by atoms with E-state index in [1.807, 2.05) is 0 Å². The molecule has 9 heteroatoms. The van der Waals surface area contributed by atoms with E-state index in [9.17, 15) is 18.0 Å². The molecule has 97 valence electrons. The van der Waals surface area contributed by atoms with Crippen molar-refractivity contribution in [2.24, 2.45) is 0 Å². The van der Waals surface area contributed by atoms with E-state index in [-0.39, 0.29) is 22.4 Å². The van der Waals surface area contributed by atoms with Gasteiger partial charge < -0.3 is 10.2 Å². The largest absolute Gasteiger partial charge is 0.478 e. The summed E-state index contributed by atoms with van der Waals surface area (Å²) in [6, 6.07) is 2.13. The van der Waals surface area contributed by atoms with Crippen molar-refractivity contribution in [3.05, 3.63) is 29.3 Å². The van der Waals surface area contributed by atoms with Crippen LogP contribution < -0.4 is 0 Å². The maximum Gasteiger partial charge on any atom is 0.335 e. The molecule has 1 radical (unpaired) electrons. The van der Waals surface area contributed by atoms with Crippen LogP contribution in [0.2, 0.25) is 0 Å². The molecule has 0 saturated carbocycles. The van der Waals surface area contributed by atoms with Gasteiger partial charge in [-0.05, 0) is 18.2 Å². The zero-order valence-electron chi connectivity index (χ0n) is 7.92. The Morgan fingerprint density at radius 2 is 1.29 bits per heavy atom. The molecule has 0 aliphatic carbocycles. The van der Waals surface area contributed by atoms with Crippen molar-refractivity contribution in [2.45, 2.75) is 4.90 Å². The maximum absolute atomic E-state index is 10.8. The first kappa shape index (κ1) is 15.8. The molecular weight excluding hydrogens is 437 g/mol. The van der Waals surface area contributed by atoms with Gasteiger partial charge in [0.1, 0.15) is 0 Å². The zero-order chi connectivity index (χ0) is 12.5. The predicted molar refractivity (Wildman–Crippen MR) is 50.2 cm³/mol. The molecule has 1 aromatic carbocycles. The Labute approximate surface area is 111 Å². The van der Waals surface area contributed by atoms with Crippen molar-refractivity contribution in [1.82, 2.24) is 0 Å². The SMILES string of the molecule is O=C(O)c1cc(C(=O)O)cc(S(=O)(=O)O)c1.[Au]. The molecule has 0 saturated heterocycles. The van der Waals surface area contributed by atoms with E-state index in [0.717, 1.165) is 6.07 Å². The third-order valence-electron chi connectivity index (χ3n) is 1.70. The van der Waals surface area contributed by atoms with Gasteiger partial charge in [-0.2, -0.15) is 8.42 Å². The van der Waals surface area contributed by atoms with Gasteiger partial charge in [0.05, 0.1) is 16.0 Å². The van der Waals surface area contributed by atoms with Crippen LogP contribution in [0.3, 0.4) is 0 Å². The number of hydrogen-bond acceptors (Lipinski definition) is 4. The number of benzene rings is 1. The van der Waals surface area contributed by atoms with E-state index >= 15 is 0 Å². The van der Waals surface area contributed by atoms with E-state index in [1.165, 1.54) is 0 Å². The first-order chi connectivity index (χ1) is 7.21. The molecule has 1 aromatic rings. The van der Waals surface area contributed by atoms with Gasteiger partial charge in [-0.1, -0.05) is 0 Å². The molecule has 17 heavy (non-hydrogen) atoms. The summed E-state index contributed by atoms with van der Waals surface area (Å²) < 4.78 is 30.2. The summed E-state index contributed by atoms with van der Waals surface area (Å²) in [5, 5.41) is 17.2. The number of carboxylic acid groups (broad SMARTS) is 2. The van der Waals surface area contributed by atoms with Crippen molar-refractivity contribution in [3.8, 4) is 0 Å². The number of carboxylic acids is 2. The van der Waals surface area contributed by atoms with Crippen LogP contribution in [0.15, 0.2) is 23.1 Å². The maximum atomic E-state index is 10.8. The minimum absolute atomic E-state index is 0. The fourth-order valence-electron chi connectivity index (χ4n) is 0.995. The molecule has 0 heterocycles. The van der Waals surface area contributed by atoms with Crippen LogP contribution in [-0.2, 0) is 32.5 Å². The Hall–Kier alpha value is -1.19. The summed E-state index contributed by atoms with van der Waals surface area (Å²) >= 11 is 0. The van der Waals surface area contributed by atoms with Crippen molar-refractivity contribution >= 4 is 22.1 Å². The van der Waals surface area contributed by atoms with Gasteiger partial charge >= 0.3 is 11.9 Å². The molecule has 0 bridgehead atoms. The molecule has 0 amide bonds. The monoisotopic (exact) mass is 443 g/mol. The molecule has 0 aliphatic heterocycles. The van der Waals surface area contributed by atoms with Crippen LogP contribution in [0.4, 0.5) is 0 Å². The van der Waals surface area contributed by atoms with Crippen LogP contribution in [0.1, 0.15) is 20.7 Å². The van der Waals surface area contributed by atoms with Gasteiger partial charge in [0.2, 0.25) is 0 Å². The molecule has 1 rings (SSSR count). The second-order valence-electron chi connectivity index (χ2n) is 2.83. The summed E-state index contributed by atoms with van der Waals surface area (Å²) in [5.74, 6) is -2.99. The number of hydrogen-bond donors (Lipinski definition) is 3. The molecule has 7 nitrogen and oxygen atoms in total. The van der Waals surface area contributed by atoms with E-state index in [1.54, 1.807) is 0 Å². The van der Waals surface area contributed by atoms with Crippen LogP contribution in [0.5, 0.6) is 0 Å². The van der Waals surface area contributed by atoms with Crippen LogP contribution in [0, 0.1) is 0 Å². The third-order valence-corrected chi connectivity index (χ3v) is 2.53. The quantitative estimate of drug-likeness (QED) is 0.454. The minimum Gasteiger partial charge on any atom is -0.478 e. The van der Waals surface area contributed by atoms with Gasteiger partial charge in [-0.3, -0.25) is 4.55 Å². The van der Waals surface area contributed by atoms with Crippen molar-refractivity contribution < 1.29 is 55.2 Å². The number of rotatable bonds is 3. The van der Waals surface area contributed by atoms with Crippen LogP contribution >= 0.6 is 0 Å². The molecule has 0 spiro atoms. The molecular formula is C8H6AuO7S. The number of carbonyl (C=O) groups is 2. The first-order valence-electron chi connectivity index (χ1n) is 3.81. The predicted octanol–water partition coefficient (Wildman–Crippen LogP) is 0.327. The summed E-state index contributed by atoms with van der Waals surface area (Å²) in [7, 11) is -4.64. The fraction of sp³-hybridized carbons (Fsp3) is 0. The average Bonchev–Trinajstić information content (AvgIpc) is 2.15. The third kappa shape index (κ3) is 3.95. The Morgan fingerprint density at radius 3 is 1.53 bits per heavy atom. The summed E-state index contributed by atoms with van der Waals surface area (Å²) in [4.78, 5) is 20.4. The standard InChI is InChI=1S/C8H6O7S.Au/c9-7(10)4-1-5(8(11)12)3-6(2-4)16(13,14)15;/h1-3H,(H,9,10)(H,11,12)(H,13,14,15);. The Morgan fingerprint density at radius 1 is 0.941 bits per heavy atom. The summed E-state index contributed by atoms with van der Waals surface area (Å²) in [5.41, 5.74) is -1.07. The van der Waals surface area contributed by atoms with Gasteiger partial charge in [0, 0.05) is 22.4 Å². The van der Waals surface area contributed by atoms with Crippen LogP contribution in [0.25, 0.3) is 0 Å². The fourth-order valence-corrected chi connectivity index (χ4v) is 1.55. The Balaban J connectivity index is 0.00000256. The van der Waals surface area contributed by atoms with E-state index in [4.69, 9.17) is 14.8 Å². The van der Waals surface area contributed by atoms with Gasteiger partial charge in [0.15, 0.2) is 0 Å². The van der Waals surface area contributed by atoms with Crippen LogP contribution in [-0.4, -0.2) is 35.1 Å². The Kier molecular flexibility index (Phi) is 5.05. The molecule has 0 aliphatic rings. The first-order valence-corrected chi connectivity index (χ1v) is 5.25. The molecule has 0 unspecified atom stereocenters. The molecule has 0 aromatic heterocycles. The van der Waals surface area contributed by atoms with E-state index < -0.39 is 38.1 Å².